The fourth-order valence-corrected chi connectivity index (χ4v) is 2.38. The number of benzene rings is 2. The lowest BCUT2D eigenvalue weighted by Crippen LogP contribution is -1.90. The van der Waals surface area contributed by atoms with Gasteiger partial charge in [-0.15, -0.1) is 0 Å². The number of fused-ring (bicyclic) bond motifs is 1. The summed E-state index contributed by atoms with van der Waals surface area (Å²) in [6.07, 6.45) is 0. The highest BCUT2D eigenvalue weighted by atomic mass is 16.5. The van der Waals surface area contributed by atoms with Crippen molar-refractivity contribution in [2.75, 3.05) is 7.11 Å². The van der Waals surface area contributed by atoms with Gasteiger partial charge in [-0.2, -0.15) is 0 Å². The monoisotopic (exact) mass is 281 g/mol. The molecule has 106 valence electrons. The third kappa shape index (κ3) is 2.36. The molecule has 2 aromatic carbocycles. The Morgan fingerprint density at radius 2 is 1.81 bits per heavy atom. The number of aryl methyl sites for hydroxylation is 1. The molecule has 3 rings (SSSR count). The summed E-state index contributed by atoms with van der Waals surface area (Å²) in [5.74, 6) is 0.740. The Morgan fingerprint density at radius 3 is 2.52 bits per heavy atom. The maximum absolute atomic E-state index is 9.89. The first-order chi connectivity index (χ1) is 10.1. The largest absolute Gasteiger partial charge is 0.508 e. The van der Waals surface area contributed by atoms with Crippen molar-refractivity contribution < 1.29 is 14.9 Å². The summed E-state index contributed by atoms with van der Waals surface area (Å²) in [6, 6.07) is 12.2. The number of methoxy groups -OCH3 is 1. The molecule has 0 amide bonds. The lowest BCUT2D eigenvalue weighted by molar-refractivity contribution is 0.373. The number of aromatic nitrogens is 1. The van der Waals surface area contributed by atoms with E-state index in [1.807, 2.05) is 19.1 Å². The van der Waals surface area contributed by atoms with Crippen molar-refractivity contribution in [1.82, 2.24) is 4.98 Å². The predicted molar refractivity (Wildman–Crippen MR) is 81.8 cm³/mol. The lowest BCUT2D eigenvalue weighted by atomic mass is 10.0. The van der Waals surface area contributed by atoms with Crippen LogP contribution >= 0.6 is 0 Å². The van der Waals surface area contributed by atoms with Crippen molar-refractivity contribution in [3.05, 3.63) is 48.0 Å². The zero-order valence-electron chi connectivity index (χ0n) is 11.8. The molecular formula is C17H15NO3. The highest BCUT2D eigenvalue weighted by molar-refractivity contribution is 5.86. The average Bonchev–Trinajstić information content (AvgIpc) is 2.47. The van der Waals surface area contributed by atoms with Gasteiger partial charge >= 0.3 is 0 Å². The van der Waals surface area contributed by atoms with Gasteiger partial charge in [0.15, 0.2) is 11.5 Å². The fourth-order valence-electron chi connectivity index (χ4n) is 2.38. The summed E-state index contributed by atoms with van der Waals surface area (Å²) >= 11 is 0. The summed E-state index contributed by atoms with van der Waals surface area (Å²) in [5.41, 5.74) is 3.40. The highest BCUT2D eigenvalue weighted by Gasteiger charge is 2.08. The van der Waals surface area contributed by atoms with E-state index < -0.39 is 0 Å². The van der Waals surface area contributed by atoms with Crippen molar-refractivity contribution in [2.45, 2.75) is 6.92 Å². The third-order valence-corrected chi connectivity index (χ3v) is 3.47. The smallest absolute Gasteiger partial charge is 0.160 e. The van der Waals surface area contributed by atoms with E-state index in [-0.39, 0.29) is 11.5 Å². The zero-order valence-corrected chi connectivity index (χ0v) is 11.8. The molecular weight excluding hydrogens is 266 g/mol. The van der Waals surface area contributed by atoms with Crippen LogP contribution in [-0.2, 0) is 0 Å². The molecule has 3 aromatic rings. The van der Waals surface area contributed by atoms with Crippen LogP contribution in [0.5, 0.6) is 17.2 Å². The third-order valence-electron chi connectivity index (χ3n) is 3.47. The SMILES string of the molecule is COc1ccc(-c2cc(C)c3cc(O)ccc3n2)cc1O. The van der Waals surface area contributed by atoms with Gasteiger partial charge in [0.25, 0.3) is 0 Å². The Hall–Kier alpha value is -2.75. The number of rotatable bonds is 2. The van der Waals surface area contributed by atoms with E-state index in [9.17, 15) is 10.2 Å². The van der Waals surface area contributed by atoms with Gasteiger partial charge in [-0.1, -0.05) is 0 Å². The minimum atomic E-state index is 0.0836. The molecule has 0 bridgehead atoms. The van der Waals surface area contributed by atoms with Gasteiger partial charge in [0, 0.05) is 10.9 Å². The molecule has 4 heteroatoms. The molecule has 0 atom stereocenters. The van der Waals surface area contributed by atoms with Crippen molar-refractivity contribution in [2.24, 2.45) is 0 Å². The summed E-state index contributed by atoms with van der Waals surface area (Å²) in [5, 5.41) is 20.4. The molecule has 2 N–H and O–H groups in total. The average molecular weight is 281 g/mol. The molecule has 0 aliphatic heterocycles. The van der Waals surface area contributed by atoms with E-state index in [0.717, 1.165) is 27.7 Å². The number of phenols is 2. The first-order valence-electron chi connectivity index (χ1n) is 6.56. The van der Waals surface area contributed by atoms with E-state index in [0.29, 0.717) is 5.75 Å². The van der Waals surface area contributed by atoms with Gasteiger partial charge in [-0.3, -0.25) is 0 Å². The molecule has 0 aliphatic carbocycles. The van der Waals surface area contributed by atoms with Crippen LogP contribution in [-0.4, -0.2) is 22.3 Å². The molecule has 0 unspecified atom stereocenters. The number of hydrogen-bond donors (Lipinski definition) is 2. The minimum absolute atomic E-state index is 0.0836. The Bertz CT molecular complexity index is 828. The van der Waals surface area contributed by atoms with Gasteiger partial charge in [0.2, 0.25) is 0 Å². The van der Waals surface area contributed by atoms with Crippen molar-refractivity contribution in [1.29, 1.82) is 0 Å². The second kappa shape index (κ2) is 4.98. The van der Waals surface area contributed by atoms with Crippen LogP contribution in [0.1, 0.15) is 5.56 Å². The molecule has 0 aliphatic rings. The Kier molecular flexibility index (Phi) is 3.14. The predicted octanol–water partition coefficient (Wildman–Crippen LogP) is 3.63. The Labute approximate surface area is 122 Å². The van der Waals surface area contributed by atoms with E-state index >= 15 is 0 Å². The van der Waals surface area contributed by atoms with E-state index in [1.54, 1.807) is 30.3 Å². The topological polar surface area (TPSA) is 62.6 Å². The minimum Gasteiger partial charge on any atom is -0.508 e. The van der Waals surface area contributed by atoms with Crippen LogP contribution in [0.25, 0.3) is 22.2 Å². The van der Waals surface area contributed by atoms with Crippen molar-refractivity contribution in [3.63, 3.8) is 0 Å². The second-order valence-corrected chi connectivity index (χ2v) is 4.91. The fraction of sp³-hybridized carbons (Fsp3) is 0.118. The molecule has 1 heterocycles. The molecule has 0 radical (unpaired) electrons. The highest BCUT2D eigenvalue weighted by Crippen LogP contribution is 2.32. The number of ether oxygens (including phenoxy) is 1. The first kappa shape index (κ1) is 13.2. The van der Waals surface area contributed by atoms with Crippen LogP contribution in [0.2, 0.25) is 0 Å². The number of hydrogen-bond acceptors (Lipinski definition) is 4. The van der Waals surface area contributed by atoms with Crippen molar-refractivity contribution in [3.8, 4) is 28.5 Å². The maximum atomic E-state index is 9.89. The molecule has 0 saturated heterocycles. The van der Waals surface area contributed by atoms with E-state index in [2.05, 4.69) is 4.98 Å². The molecule has 0 fully saturated rings. The lowest BCUT2D eigenvalue weighted by Gasteiger charge is -2.09. The van der Waals surface area contributed by atoms with Crippen LogP contribution in [0.4, 0.5) is 0 Å². The van der Waals surface area contributed by atoms with Gasteiger partial charge in [0.05, 0.1) is 18.3 Å². The molecule has 4 nitrogen and oxygen atoms in total. The second-order valence-electron chi connectivity index (χ2n) is 4.91. The number of nitrogens with zero attached hydrogens (tertiary/aromatic N) is 1. The van der Waals surface area contributed by atoms with Gasteiger partial charge < -0.3 is 14.9 Å². The van der Waals surface area contributed by atoms with Gasteiger partial charge in [-0.25, -0.2) is 4.98 Å². The van der Waals surface area contributed by atoms with Crippen LogP contribution in [0, 0.1) is 6.92 Å². The first-order valence-corrected chi connectivity index (χ1v) is 6.56. The van der Waals surface area contributed by atoms with Crippen LogP contribution in [0.3, 0.4) is 0 Å². The summed E-state index contributed by atoms with van der Waals surface area (Å²) in [7, 11) is 1.51. The van der Waals surface area contributed by atoms with Crippen LogP contribution < -0.4 is 4.74 Å². The molecule has 0 spiro atoms. The maximum Gasteiger partial charge on any atom is 0.160 e. The van der Waals surface area contributed by atoms with E-state index in [4.69, 9.17) is 4.74 Å². The Balaban J connectivity index is 2.17. The van der Waals surface area contributed by atoms with E-state index in [1.165, 1.54) is 7.11 Å². The number of aromatic hydroxyl groups is 2. The number of phenolic OH excluding ortho intramolecular Hbond substituents is 2. The standard InChI is InChI=1S/C17H15NO3/c1-10-7-15(11-3-6-17(21-2)16(20)8-11)18-14-5-4-12(19)9-13(10)14/h3-9,19-20H,1-2H3. The molecule has 21 heavy (non-hydrogen) atoms. The van der Waals surface area contributed by atoms with Gasteiger partial charge in [-0.05, 0) is 55.0 Å². The Morgan fingerprint density at radius 1 is 1.00 bits per heavy atom. The summed E-state index contributed by atoms with van der Waals surface area (Å²) in [6.45, 7) is 1.97. The van der Waals surface area contributed by atoms with Crippen molar-refractivity contribution >= 4 is 10.9 Å². The van der Waals surface area contributed by atoms with Gasteiger partial charge in [0.1, 0.15) is 5.75 Å². The summed E-state index contributed by atoms with van der Waals surface area (Å²) < 4.78 is 5.04. The molecule has 0 saturated carbocycles. The number of pyridine rings is 1. The van der Waals surface area contributed by atoms with Crippen LogP contribution in [0.15, 0.2) is 42.5 Å². The molecule has 1 aromatic heterocycles. The zero-order chi connectivity index (χ0) is 15.0. The summed E-state index contributed by atoms with van der Waals surface area (Å²) in [4.78, 5) is 4.58. The normalized spacial score (nSPS) is 10.8. The quantitative estimate of drug-likeness (QED) is 0.753.